The number of hydrogen-bond donors (Lipinski definition) is 1. The Morgan fingerprint density at radius 1 is 1.54 bits per heavy atom. The summed E-state index contributed by atoms with van der Waals surface area (Å²) in [5, 5.41) is 9.09. The highest BCUT2D eigenvalue weighted by atomic mass is 16.5. The number of carbonyl (C=O) groups is 1. The summed E-state index contributed by atoms with van der Waals surface area (Å²) in [5.74, 6) is -0.240. The van der Waals surface area contributed by atoms with E-state index in [9.17, 15) is 4.79 Å². The molecule has 0 saturated heterocycles. The molecule has 0 radical (unpaired) electrons. The number of benzene rings is 1. The van der Waals surface area contributed by atoms with Crippen LogP contribution in [0.25, 0.3) is 6.08 Å². The molecule has 1 aromatic carbocycles. The van der Waals surface area contributed by atoms with Gasteiger partial charge in [-0.15, -0.1) is 0 Å². The van der Waals surface area contributed by atoms with Crippen molar-refractivity contribution in [3.05, 3.63) is 35.9 Å². The number of methoxy groups -OCH3 is 1. The van der Waals surface area contributed by atoms with E-state index >= 15 is 0 Å². The van der Waals surface area contributed by atoms with Crippen molar-refractivity contribution >= 4 is 12.0 Å². The van der Waals surface area contributed by atoms with Crippen LogP contribution in [0.15, 0.2) is 30.3 Å². The molecule has 3 heteroatoms. The molecular formula is C10H10O3. The number of rotatable bonds is 2. The number of esters is 1. The highest BCUT2D eigenvalue weighted by Gasteiger charge is 1.92. The molecule has 0 amide bonds. The fourth-order valence-corrected chi connectivity index (χ4v) is 0.861. The van der Waals surface area contributed by atoms with Gasteiger partial charge in [-0.05, 0) is 23.8 Å². The van der Waals surface area contributed by atoms with Crippen molar-refractivity contribution in [3.63, 3.8) is 0 Å². The monoisotopic (exact) mass is 178 g/mol. The zero-order valence-electron chi connectivity index (χ0n) is 7.23. The molecule has 0 saturated carbocycles. The molecule has 1 N–H and O–H groups in total. The number of hydrogen-bond acceptors (Lipinski definition) is 3. The molecule has 0 spiro atoms. The summed E-state index contributed by atoms with van der Waals surface area (Å²) in [5.41, 5.74) is 0.755. The largest absolute Gasteiger partial charge is 0.508 e. The van der Waals surface area contributed by atoms with E-state index in [0.717, 1.165) is 5.56 Å². The maximum absolute atomic E-state index is 10.7. The predicted octanol–water partition coefficient (Wildman–Crippen LogP) is 1.58. The second kappa shape index (κ2) is 4.30. The van der Waals surface area contributed by atoms with Crippen LogP contribution in [0.3, 0.4) is 0 Å². The van der Waals surface area contributed by atoms with E-state index in [4.69, 9.17) is 5.11 Å². The summed E-state index contributed by atoms with van der Waals surface area (Å²) >= 11 is 0. The molecule has 0 aliphatic heterocycles. The molecule has 3 nitrogen and oxygen atoms in total. The lowest BCUT2D eigenvalue weighted by Gasteiger charge is -1.94. The molecular weight excluding hydrogens is 168 g/mol. The van der Waals surface area contributed by atoms with Gasteiger partial charge < -0.3 is 9.84 Å². The number of phenols is 1. The molecule has 1 rings (SSSR count). The molecule has 0 bridgehead atoms. The van der Waals surface area contributed by atoms with Crippen LogP contribution in [-0.4, -0.2) is 18.2 Å². The number of aromatic hydroxyl groups is 1. The van der Waals surface area contributed by atoms with E-state index in [2.05, 4.69) is 4.74 Å². The van der Waals surface area contributed by atoms with Crippen LogP contribution in [-0.2, 0) is 9.53 Å². The highest BCUT2D eigenvalue weighted by molar-refractivity contribution is 5.86. The van der Waals surface area contributed by atoms with Crippen LogP contribution in [0, 0.1) is 0 Å². The first kappa shape index (κ1) is 9.32. The van der Waals surface area contributed by atoms with Gasteiger partial charge in [0.25, 0.3) is 0 Å². The smallest absolute Gasteiger partial charge is 0.330 e. The standard InChI is InChI=1S/C10H10O3/c1-13-10(12)6-5-8-3-2-4-9(11)7-8/h2-7,11H,1H3. The van der Waals surface area contributed by atoms with Gasteiger partial charge in [-0.2, -0.15) is 0 Å². The van der Waals surface area contributed by atoms with Crippen LogP contribution in [0.1, 0.15) is 5.56 Å². The molecule has 0 aliphatic rings. The molecule has 1 aromatic rings. The minimum Gasteiger partial charge on any atom is -0.508 e. The van der Waals surface area contributed by atoms with Crippen molar-refractivity contribution in [1.82, 2.24) is 0 Å². The Labute approximate surface area is 76.3 Å². The van der Waals surface area contributed by atoms with E-state index in [0.29, 0.717) is 0 Å². The second-order valence-electron chi connectivity index (χ2n) is 2.45. The van der Waals surface area contributed by atoms with Crippen LogP contribution in [0.4, 0.5) is 0 Å². The Bertz CT molecular complexity index is 329. The summed E-state index contributed by atoms with van der Waals surface area (Å²) in [6.45, 7) is 0. The minimum atomic E-state index is -0.414. The third-order valence-electron chi connectivity index (χ3n) is 1.48. The minimum absolute atomic E-state index is 0.173. The van der Waals surface area contributed by atoms with Gasteiger partial charge in [0.2, 0.25) is 0 Å². The van der Waals surface area contributed by atoms with Gasteiger partial charge in [-0.3, -0.25) is 0 Å². The first-order valence-electron chi connectivity index (χ1n) is 3.77. The summed E-state index contributed by atoms with van der Waals surface area (Å²) in [4.78, 5) is 10.7. The Balaban J connectivity index is 2.74. The third kappa shape index (κ3) is 2.99. The lowest BCUT2D eigenvalue weighted by atomic mass is 10.2. The van der Waals surface area contributed by atoms with Crippen LogP contribution >= 0.6 is 0 Å². The molecule has 0 aliphatic carbocycles. The van der Waals surface area contributed by atoms with Gasteiger partial charge in [-0.1, -0.05) is 12.1 Å². The molecule has 13 heavy (non-hydrogen) atoms. The first-order chi connectivity index (χ1) is 6.22. The number of carbonyl (C=O) groups excluding carboxylic acids is 1. The van der Waals surface area contributed by atoms with Crippen molar-refractivity contribution in [1.29, 1.82) is 0 Å². The van der Waals surface area contributed by atoms with Gasteiger partial charge in [0.05, 0.1) is 7.11 Å². The molecule has 68 valence electrons. The second-order valence-corrected chi connectivity index (χ2v) is 2.45. The maximum Gasteiger partial charge on any atom is 0.330 e. The Kier molecular flexibility index (Phi) is 3.09. The average molecular weight is 178 g/mol. The number of ether oxygens (including phenoxy) is 1. The lowest BCUT2D eigenvalue weighted by molar-refractivity contribution is -0.134. The molecule has 0 fully saturated rings. The summed E-state index contributed by atoms with van der Waals surface area (Å²) < 4.78 is 4.41. The van der Waals surface area contributed by atoms with E-state index in [-0.39, 0.29) is 5.75 Å². The fourth-order valence-electron chi connectivity index (χ4n) is 0.861. The average Bonchev–Trinajstić information content (AvgIpc) is 2.14. The van der Waals surface area contributed by atoms with Crippen molar-refractivity contribution in [2.75, 3.05) is 7.11 Å². The highest BCUT2D eigenvalue weighted by Crippen LogP contribution is 2.11. The van der Waals surface area contributed by atoms with Crippen molar-refractivity contribution < 1.29 is 14.6 Å². The van der Waals surface area contributed by atoms with E-state index in [1.54, 1.807) is 30.3 Å². The van der Waals surface area contributed by atoms with Gasteiger partial charge in [0.15, 0.2) is 0 Å². The summed E-state index contributed by atoms with van der Waals surface area (Å²) in [6, 6.07) is 6.60. The summed E-state index contributed by atoms with van der Waals surface area (Å²) in [7, 11) is 1.31. The van der Waals surface area contributed by atoms with Crippen LogP contribution < -0.4 is 0 Å². The van der Waals surface area contributed by atoms with E-state index in [1.165, 1.54) is 13.2 Å². The van der Waals surface area contributed by atoms with Crippen molar-refractivity contribution in [2.24, 2.45) is 0 Å². The summed E-state index contributed by atoms with van der Waals surface area (Å²) in [6.07, 6.45) is 2.88. The zero-order chi connectivity index (χ0) is 9.68. The van der Waals surface area contributed by atoms with Crippen LogP contribution in [0.2, 0.25) is 0 Å². The van der Waals surface area contributed by atoms with Crippen molar-refractivity contribution in [2.45, 2.75) is 0 Å². The van der Waals surface area contributed by atoms with E-state index < -0.39 is 5.97 Å². The Morgan fingerprint density at radius 3 is 2.92 bits per heavy atom. The molecule has 0 atom stereocenters. The first-order valence-corrected chi connectivity index (χ1v) is 3.77. The van der Waals surface area contributed by atoms with Gasteiger partial charge in [0.1, 0.15) is 5.75 Å². The molecule has 0 heterocycles. The number of phenolic OH excluding ortho intramolecular Hbond substituents is 1. The van der Waals surface area contributed by atoms with E-state index in [1.807, 2.05) is 0 Å². The van der Waals surface area contributed by atoms with Gasteiger partial charge >= 0.3 is 5.97 Å². The van der Waals surface area contributed by atoms with Gasteiger partial charge in [-0.25, -0.2) is 4.79 Å². The van der Waals surface area contributed by atoms with Gasteiger partial charge in [0, 0.05) is 6.08 Å². The SMILES string of the molecule is COC(=O)C=Cc1cccc(O)c1. The third-order valence-corrected chi connectivity index (χ3v) is 1.48. The predicted molar refractivity (Wildman–Crippen MR) is 49.2 cm³/mol. The molecule has 0 aromatic heterocycles. The van der Waals surface area contributed by atoms with Crippen molar-refractivity contribution in [3.8, 4) is 5.75 Å². The normalized spacial score (nSPS) is 10.2. The quantitative estimate of drug-likeness (QED) is 0.552. The van der Waals surface area contributed by atoms with Crippen LogP contribution in [0.5, 0.6) is 5.75 Å². The Hall–Kier alpha value is -1.77. The lowest BCUT2D eigenvalue weighted by Crippen LogP contribution is -1.93. The zero-order valence-corrected chi connectivity index (χ0v) is 7.23. The fraction of sp³-hybridized carbons (Fsp3) is 0.100. The molecule has 0 unspecified atom stereocenters. The Morgan fingerprint density at radius 2 is 2.31 bits per heavy atom. The topological polar surface area (TPSA) is 46.5 Å². The maximum atomic E-state index is 10.7.